The number of nitrogens with one attached hydrogen (secondary N) is 1. The fraction of sp³-hybridized carbons (Fsp3) is 0.161. The number of ether oxygens (including phenoxy) is 1. The van der Waals surface area contributed by atoms with E-state index in [-0.39, 0.29) is 10.6 Å². The van der Waals surface area contributed by atoms with Crippen molar-refractivity contribution in [2.75, 3.05) is 0 Å². The van der Waals surface area contributed by atoms with E-state index in [4.69, 9.17) is 9.72 Å². The molecule has 1 aromatic heterocycles. The van der Waals surface area contributed by atoms with Crippen molar-refractivity contribution in [3.63, 3.8) is 0 Å². The fourth-order valence-corrected chi connectivity index (χ4v) is 5.38. The van der Waals surface area contributed by atoms with Crippen molar-refractivity contribution in [2.24, 2.45) is 0 Å². The maximum Gasteiger partial charge on any atom is 0.426 e. The first-order chi connectivity index (χ1) is 18.9. The number of nitrogens with zero attached hydrogens (tertiary/aromatic N) is 2. The van der Waals surface area contributed by atoms with E-state index in [2.05, 4.69) is 17.6 Å². The van der Waals surface area contributed by atoms with Gasteiger partial charge in [-0.3, -0.25) is 0 Å². The SMILES string of the molecule is CCCCc1nc2ccccc2n1Cc1ccc(-c2ccccc2OC(=O)NS(=O)(=O)c2ccccc2)cc1. The number of hydrogen-bond acceptors (Lipinski definition) is 5. The maximum absolute atomic E-state index is 12.5. The van der Waals surface area contributed by atoms with Gasteiger partial charge in [-0.1, -0.05) is 86.1 Å². The van der Waals surface area contributed by atoms with Gasteiger partial charge in [0, 0.05) is 18.5 Å². The molecule has 0 atom stereocenters. The quantitative estimate of drug-likeness (QED) is 0.229. The average molecular weight is 540 g/mol. The number of amides is 1. The molecule has 0 aliphatic heterocycles. The lowest BCUT2D eigenvalue weighted by Gasteiger charge is -2.13. The van der Waals surface area contributed by atoms with Crippen LogP contribution in [0.15, 0.2) is 108 Å². The van der Waals surface area contributed by atoms with Crippen LogP contribution in [-0.4, -0.2) is 24.1 Å². The van der Waals surface area contributed by atoms with Gasteiger partial charge in [0.05, 0.1) is 15.9 Å². The van der Waals surface area contributed by atoms with Crippen LogP contribution in [0, 0.1) is 0 Å². The number of para-hydroxylation sites is 3. The van der Waals surface area contributed by atoms with E-state index in [1.54, 1.807) is 30.3 Å². The van der Waals surface area contributed by atoms with Crippen LogP contribution in [0.2, 0.25) is 0 Å². The summed E-state index contributed by atoms with van der Waals surface area (Å²) in [7, 11) is -4.04. The highest BCUT2D eigenvalue weighted by Gasteiger charge is 2.20. The molecule has 1 amide bonds. The van der Waals surface area contributed by atoms with Crippen molar-refractivity contribution in [1.82, 2.24) is 14.3 Å². The van der Waals surface area contributed by atoms with Gasteiger partial charge in [-0.05, 0) is 47.9 Å². The molecule has 0 saturated heterocycles. The summed E-state index contributed by atoms with van der Waals surface area (Å²) in [5, 5.41) is 0. The van der Waals surface area contributed by atoms with E-state index in [0.29, 0.717) is 12.1 Å². The molecule has 0 unspecified atom stereocenters. The van der Waals surface area contributed by atoms with Crippen LogP contribution in [0.4, 0.5) is 4.79 Å². The molecule has 0 aliphatic carbocycles. The molecular formula is C31H29N3O4S. The minimum atomic E-state index is -4.04. The van der Waals surface area contributed by atoms with Gasteiger partial charge in [0.1, 0.15) is 11.6 Å². The minimum absolute atomic E-state index is 0.0191. The summed E-state index contributed by atoms with van der Waals surface area (Å²) < 4.78 is 34.7. The van der Waals surface area contributed by atoms with Crippen LogP contribution in [-0.2, 0) is 23.0 Å². The van der Waals surface area contributed by atoms with Crippen LogP contribution in [0.5, 0.6) is 5.75 Å². The minimum Gasteiger partial charge on any atom is -0.409 e. The predicted octanol–water partition coefficient (Wildman–Crippen LogP) is 6.57. The highest BCUT2D eigenvalue weighted by Crippen LogP contribution is 2.30. The molecule has 1 N–H and O–H groups in total. The number of carbonyl (C=O) groups excluding carboxylic acids is 1. The Morgan fingerprint density at radius 3 is 2.33 bits per heavy atom. The zero-order valence-electron chi connectivity index (χ0n) is 21.6. The molecule has 8 heteroatoms. The lowest BCUT2D eigenvalue weighted by molar-refractivity contribution is 0.207. The Morgan fingerprint density at radius 1 is 0.872 bits per heavy atom. The molecule has 198 valence electrons. The summed E-state index contributed by atoms with van der Waals surface area (Å²) in [6.07, 6.45) is 2.04. The number of imidazole rings is 1. The van der Waals surface area contributed by atoms with Crippen LogP contribution in [0.25, 0.3) is 22.2 Å². The Labute approximate surface area is 228 Å². The lowest BCUT2D eigenvalue weighted by Crippen LogP contribution is -2.33. The monoisotopic (exact) mass is 539 g/mol. The number of sulfonamides is 1. The van der Waals surface area contributed by atoms with Gasteiger partial charge in [0.15, 0.2) is 0 Å². The molecule has 7 nitrogen and oxygen atoms in total. The summed E-state index contributed by atoms with van der Waals surface area (Å²) >= 11 is 0. The van der Waals surface area contributed by atoms with Crippen molar-refractivity contribution < 1.29 is 17.9 Å². The highest BCUT2D eigenvalue weighted by atomic mass is 32.2. The first-order valence-electron chi connectivity index (χ1n) is 12.9. The third-order valence-corrected chi connectivity index (χ3v) is 7.78. The second-order valence-electron chi connectivity index (χ2n) is 9.21. The third-order valence-electron chi connectivity index (χ3n) is 6.45. The third kappa shape index (κ3) is 6.02. The van der Waals surface area contributed by atoms with E-state index in [1.807, 2.05) is 59.3 Å². The summed E-state index contributed by atoms with van der Waals surface area (Å²) in [5.41, 5.74) is 4.74. The van der Waals surface area contributed by atoms with Gasteiger partial charge in [-0.25, -0.2) is 22.9 Å². The number of unbranched alkanes of at least 4 members (excludes halogenated alkanes) is 1. The number of hydrogen-bond donors (Lipinski definition) is 1. The molecule has 1 heterocycles. The van der Waals surface area contributed by atoms with Crippen LogP contribution in [0.1, 0.15) is 31.2 Å². The molecule has 0 fully saturated rings. The van der Waals surface area contributed by atoms with E-state index >= 15 is 0 Å². The second-order valence-corrected chi connectivity index (χ2v) is 10.9. The zero-order chi connectivity index (χ0) is 27.2. The van der Waals surface area contributed by atoms with Crippen molar-refractivity contribution in [3.05, 3.63) is 115 Å². The Balaban J connectivity index is 1.35. The molecule has 5 aromatic rings. The normalized spacial score (nSPS) is 11.4. The number of aromatic nitrogens is 2. The summed E-state index contributed by atoms with van der Waals surface area (Å²) in [5.74, 6) is 1.34. The Kier molecular flexibility index (Phi) is 7.74. The number of rotatable bonds is 9. The topological polar surface area (TPSA) is 90.3 Å². The van der Waals surface area contributed by atoms with E-state index in [9.17, 15) is 13.2 Å². The first-order valence-corrected chi connectivity index (χ1v) is 14.3. The molecule has 0 aliphatic rings. The van der Waals surface area contributed by atoms with Crippen molar-refractivity contribution in [2.45, 2.75) is 37.6 Å². The number of aryl methyl sites for hydroxylation is 1. The van der Waals surface area contributed by atoms with Crippen molar-refractivity contribution in [1.29, 1.82) is 0 Å². The first kappa shape index (κ1) is 26.2. The highest BCUT2D eigenvalue weighted by molar-refractivity contribution is 7.90. The predicted molar refractivity (Wildman–Crippen MR) is 152 cm³/mol. The summed E-state index contributed by atoms with van der Waals surface area (Å²) in [6.45, 7) is 2.87. The number of carbonyl (C=O) groups is 1. The van der Waals surface area contributed by atoms with Crippen molar-refractivity contribution in [3.8, 4) is 16.9 Å². The Hall–Kier alpha value is -4.43. The molecule has 0 bridgehead atoms. The molecule has 4 aromatic carbocycles. The van der Waals surface area contributed by atoms with E-state index in [1.165, 1.54) is 12.1 Å². The van der Waals surface area contributed by atoms with Gasteiger partial charge in [-0.2, -0.15) is 0 Å². The molecule has 0 radical (unpaired) electrons. The molecule has 0 spiro atoms. The molecule has 39 heavy (non-hydrogen) atoms. The van der Waals surface area contributed by atoms with Gasteiger partial charge in [0.25, 0.3) is 10.0 Å². The molecule has 0 saturated carbocycles. The van der Waals surface area contributed by atoms with Crippen LogP contribution < -0.4 is 9.46 Å². The second kappa shape index (κ2) is 11.5. The van der Waals surface area contributed by atoms with Gasteiger partial charge < -0.3 is 9.30 Å². The molecular weight excluding hydrogens is 510 g/mol. The van der Waals surface area contributed by atoms with Crippen LogP contribution in [0.3, 0.4) is 0 Å². The summed E-state index contributed by atoms with van der Waals surface area (Å²) in [6, 6.07) is 30.9. The zero-order valence-corrected chi connectivity index (χ0v) is 22.4. The standard InChI is InChI=1S/C31H29N3O4S/c1-2-3-17-30-32-27-14-8-9-15-28(27)34(30)22-23-18-20-24(21-19-23)26-13-7-10-16-29(26)38-31(35)33-39(36,37)25-11-5-4-6-12-25/h4-16,18-21H,2-3,17,22H2,1H3,(H,33,35). The lowest BCUT2D eigenvalue weighted by atomic mass is 10.0. The smallest absolute Gasteiger partial charge is 0.409 e. The number of fused-ring (bicyclic) bond motifs is 1. The van der Waals surface area contributed by atoms with Crippen molar-refractivity contribution >= 4 is 27.1 Å². The largest absolute Gasteiger partial charge is 0.426 e. The van der Waals surface area contributed by atoms with Crippen LogP contribution >= 0.6 is 0 Å². The Bertz CT molecular complexity index is 1700. The van der Waals surface area contributed by atoms with Gasteiger partial charge in [-0.15, -0.1) is 0 Å². The van der Waals surface area contributed by atoms with E-state index in [0.717, 1.165) is 47.2 Å². The summed E-state index contributed by atoms with van der Waals surface area (Å²) in [4.78, 5) is 17.4. The van der Waals surface area contributed by atoms with Gasteiger partial charge in [0.2, 0.25) is 0 Å². The Morgan fingerprint density at radius 2 is 1.56 bits per heavy atom. The maximum atomic E-state index is 12.5. The molecule has 5 rings (SSSR count). The van der Waals surface area contributed by atoms with E-state index < -0.39 is 16.1 Å². The fourth-order valence-electron chi connectivity index (χ4n) is 4.48. The average Bonchev–Trinajstić information content (AvgIpc) is 3.30. The number of benzene rings is 4. The van der Waals surface area contributed by atoms with Gasteiger partial charge >= 0.3 is 6.09 Å².